The molecule has 12 heteroatoms. The lowest BCUT2D eigenvalue weighted by Crippen LogP contribution is -2.32. The Kier molecular flexibility index (Phi) is 15.4. The van der Waals surface area contributed by atoms with Crippen LogP contribution in [0.15, 0.2) is 12.2 Å². The number of hydrogen-bond donors (Lipinski definition) is 1. The van der Waals surface area contributed by atoms with Crippen molar-refractivity contribution in [3.05, 3.63) is 12.2 Å². The largest absolute Gasteiger partial charge is 0.442 e. The molecule has 1 heterocycles. The van der Waals surface area contributed by atoms with Crippen molar-refractivity contribution in [2.75, 3.05) is 59.4 Å². The maximum Gasteiger partial charge on any atom is 0.407 e. The van der Waals surface area contributed by atoms with Crippen LogP contribution in [-0.2, 0) is 42.9 Å². The minimum absolute atomic E-state index is 0.0603. The van der Waals surface area contributed by atoms with Gasteiger partial charge in [0.05, 0.1) is 59.3 Å². The summed E-state index contributed by atoms with van der Waals surface area (Å²) in [6, 6.07) is 0. The fourth-order valence-electron chi connectivity index (χ4n) is 3.35. The molecule has 1 atom stereocenters. The van der Waals surface area contributed by atoms with Gasteiger partial charge in [-0.25, -0.2) is 9.59 Å². The Morgan fingerprint density at radius 3 is 2.11 bits per heavy atom. The Hall–Kier alpha value is -2.54. The Morgan fingerprint density at radius 1 is 0.833 bits per heavy atom. The van der Waals surface area contributed by atoms with Crippen LogP contribution in [0.1, 0.15) is 51.4 Å². The lowest BCUT2D eigenvalue weighted by Gasteiger charge is -2.16. The predicted molar refractivity (Wildman–Crippen MR) is 126 cm³/mol. The monoisotopic (exact) mass is 514 g/mol. The van der Waals surface area contributed by atoms with Crippen LogP contribution in [0.3, 0.4) is 0 Å². The van der Waals surface area contributed by atoms with E-state index in [1.807, 2.05) is 6.08 Å². The van der Waals surface area contributed by atoms with E-state index in [9.17, 15) is 19.2 Å². The van der Waals surface area contributed by atoms with Crippen LogP contribution < -0.4 is 5.32 Å². The molecule has 1 saturated heterocycles. The first-order chi connectivity index (χ1) is 17.6. The highest BCUT2D eigenvalue weighted by Crippen LogP contribution is 2.14. The Labute approximate surface area is 211 Å². The van der Waals surface area contributed by atoms with Crippen molar-refractivity contribution >= 4 is 23.9 Å². The van der Waals surface area contributed by atoms with Gasteiger partial charge in [-0.15, -0.1) is 5.06 Å². The summed E-state index contributed by atoms with van der Waals surface area (Å²) in [4.78, 5) is 50.9. The van der Waals surface area contributed by atoms with Crippen LogP contribution in [0.2, 0.25) is 0 Å². The van der Waals surface area contributed by atoms with Gasteiger partial charge in [-0.05, 0) is 31.8 Å². The Morgan fingerprint density at radius 2 is 1.44 bits per heavy atom. The molecular formula is C24H38N2O10. The predicted octanol–water partition coefficient (Wildman–Crippen LogP) is 1.67. The molecule has 36 heavy (non-hydrogen) atoms. The summed E-state index contributed by atoms with van der Waals surface area (Å²) in [7, 11) is 0. The molecule has 0 unspecified atom stereocenters. The van der Waals surface area contributed by atoms with Gasteiger partial charge in [0, 0.05) is 19.4 Å². The lowest BCUT2D eigenvalue weighted by molar-refractivity contribution is -0.198. The molecule has 0 aromatic carbocycles. The lowest BCUT2D eigenvalue weighted by atomic mass is 10.0. The molecule has 1 aliphatic heterocycles. The fraction of sp³-hybridized carbons (Fsp3) is 0.750. The number of hydrogen-bond acceptors (Lipinski definition) is 10. The van der Waals surface area contributed by atoms with Gasteiger partial charge in [0.15, 0.2) is 0 Å². The molecule has 1 aliphatic carbocycles. The third kappa shape index (κ3) is 13.5. The Balaban J connectivity index is 1.30. The number of ether oxygens (including phenoxy) is 5. The van der Waals surface area contributed by atoms with Crippen LogP contribution in [0.5, 0.6) is 0 Å². The summed E-state index contributed by atoms with van der Waals surface area (Å²) in [5.74, 6) is -1.72. The van der Waals surface area contributed by atoms with Crippen molar-refractivity contribution < 1.29 is 47.7 Å². The van der Waals surface area contributed by atoms with E-state index in [4.69, 9.17) is 28.5 Å². The molecule has 1 N–H and O–H groups in total. The number of hydroxylamine groups is 2. The highest BCUT2D eigenvalue weighted by molar-refractivity contribution is 6.01. The molecule has 2 rings (SSSR count). The molecule has 3 amide bonds. The van der Waals surface area contributed by atoms with Gasteiger partial charge in [-0.3, -0.25) is 9.59 Å². The molecule has 0 aromatic rings. The summed E-state index contributed by atoms with van der Waals surface area (Å²) in [5, 5.41) is 3.20. The van der Waals surface area contributed by atoms with E-state index >= 15 is 0 Å². The highest BCUT2D eigenvalue weighted by Gasteiger charge is 2.32. The summed E-state index contributed by atoms with van der Waals surface area (Å²) in [5.41, 5.74) is 0. The van der Waals surface area contributed by atoms with Crippen molar-refractivity contribution in [3.8, 4) is 0 Å². The number of carbonyl (C=O) groups is 4. The SMILES string of the molecule is O=C(CCOCCOCCOCCOCCNC(=O)O[C@@H]1/C=C\CCCCC1)ON1C(=O)CCC1=O. The average Bonchev–Trinajstić information content (AvgIpc) is 3.15. The quantitative estimate of drug-likeness (QED) is 0.173. The zero-order valence-electron chi connectivity index (χ0n) is 20.8. The minimum atomic E-state index is -0.701. The first-order valence-corrected chi connectivity index (χ1v) is 12.5. The topological polar surface area (TPSA) is 139 Å². The summed E-state index contributed by atoms with van der Waals surface area (Å²) in [6.07, 6.45) is 8.82. The zero-order chi connectivity index (χ0) is 25.8. The van der Waals surface area contributed by atoms with Crippen LogP contribution in [0, 0.1) is 0 Å². The van der Waals surface area contributed by atoms with Crippen LogP contribution in [0.25, 0.3) is 0 Å². The van der Waals surface area contributed by atoms with Gasteiger partial charge in [0.25, 0.3) is 11.8 Å². The van der Waals surface area contributed by atoms with Crippen LogP contribution in [-0.4, -0.2) is 94.4 Å². The fourth-order valence-corrected chi connectivity index (χ4v) is 3.35. The van der Waals surface area contributed by atoms with E-state index in [2.05, 4.69) is 11.4 Å². The molecule has 0 spiro atoms. The van der Waals surface area contributed by atoms with Gasteiger partial charge in [0.2, 0.25) is 0 Å². The van der Waals surface area contributed by atoms with E-state index in [0.29, 0.717) is 51.2 Å². The molecule has 0 aromatic heterocycles. The van der Waals surface area contributed by atoms with Crippen LogP contribution in [0.4, 0.5) is 4.79 Å². The normalized spacial score (nSPS) is 19.0. The number of amides is 3. The number of nitrogens with one attached hydrogen (secondary N) is 1. The highest BCUT2D eigenvalue weighted by atomic mass is 16.7. The third-order valence-electron chi connectivity index (χ3n) is 5.25. The van der Waals surface area contributed by atoms with Crippen molar-refractivity contribution in [1.82, 2.24) is 10.4 Å². The number of imide groups is 1. The first kappa shape index (κ1) is 29.7. The molecule has 1 fully saturated rings. The maximum atomic E-state index is 11.8. The van der Waals surface area contributed by atoms with Crippen molar-refractivity contribution in [1.29, 1.82) is 0 Å². The van der Waals surface area contributed by atoms with Crippen molar-refractivity contribution in [2.45, 2.75) is 57.5 Å². The standard InChI is InChI=1S/C24H38N2O10/c27-21-8-9-22(28)26(21)36-23(29)10-12-31-14-16-33-18-19-34-17-15-32-13-11-25-24(30)35-20-6-4-2-1-3-5-7-20/h4,6,20H,1-3,5,7-19H2,(H,25,30)/b6-4-/t20-/m1/s1. The van der Waals surface area contributed by atoms with E-state index in [1.165, 1.54) is 6.42 Å². The van der Waals surface area contributed by atoms with Crippen molar-refractivity contribution in [2.24, 2.45) is 0 Å². The second kappa shape index (κ2) is 18.7. The molecule has 2 aliphatic rings. The van der Waals surface area contributed by atoms with E-state index < -0.39 is 23.9 Å². The summed E-state index contributed by atoms with van der Waals surface area (Å²) in [6.45, 7) is 3.02. The van der Waals surface area contributed by atoms with Gasteiger partial charge in [-0.1, -0.05) is 12.5 Å². The molecule has 0 radical (unpaired) electrons. The molecule has 12 nitrogen and oxygen atoms in total. The average molecular weight is 515 g/mol. The van der Waals surface area contributed by atoms with E-state index in [0.717, 1.165) is 25.7 Å². The van der Waals surface area contributed by atoms with Crippen molar-refractivity contribution in [3.63, 3.8) is 0 Å². The third-order valence-corrected chi connectivity index (χ3v) is 5.25. The van der Waals surface area contributed by atoms with Gasteiger partial charge >= 0.3 is 12.1 Å². The summed E-state index contributed by atoms with van der Waals surface area (Å²) < 4.78 is 26.8. The molecule has 204 valence electrons. The zero-order valence-corrected chi connectivity index (χ0v) is 20.8. The number of allylic oxidation sites excluding steroid dienone is 1. The first-order valence-electron chi connectivity index (χ1n) is 12.5. The summed E-state index contributed by atoms with van der Waals surface area (Å²) >= 11 is 0. The van der Waals surface area contributed by atoms with E-state index in [1.54, 1.807) is 0 Å². The minimum Gasteiger partial charge on any atom is -0.442 e. The van der Waals surface area contributed by atoms with Gasteiger partial charge in [-0.2, -0.15) is 0 Å². The van der Waals surface area contributed by atoms with E-state index in [-0.39, 0.29) is 38.6 Å². The molecule has 0 saturated carbocycles. The second-order valence-electron chi connectivity index (χ2n) is 8.18. The number of carbonyl (C=O) groups excluding carboxylic acids is 4. The second-order valence-corrected chi connectivity index (χ2v) is 8.18. The maximum absolute atomic E-state index is 11.8. The number of nitrogens with zero attached hydrogens (tertiary/aromatic N) is 1. The van der Waals surface area contributed by atoms with Crippen LogP contribution >= 0.6 is 0 Å². The molecule has 0 bridgehead atoms. The van der Waals surface area contributed by atoms with Gasteiger partial charge in [0.1, 0.15) is 6.10 Å². The number of rotatable bonds is 17. The Bertz CT molecular complexity index is 699. The number of alkyl carbamates (subject to hydrolysis) is 1. The molecular weight excluding hydrogens is 476 g/mol. The smallest absolute Gasteiger partial charge is 0.407 e. The van der Waals surface area contributed by atoms with Gasteiger partial charge < -0.3 is 33.8 Å².